The average molecular weight is 506 g/mol. The van der Waals surface area contributed by atoms with Crippen LogP contribution in [0.3, 0.4) is 0 Å². The number of nitrogens with zero attached hydrogens (tertiary/aromatic N) is 2. The standard InChI is InChI=1S/C18H23FN4O2S.HI/c1-20-18(21-12-14-4-8-16(19)9-5-14)22-13-15-6-10-17(11-7-15)26(24,25)23(2)3;/h4-11H,12-13H2,1-3H3,(H2,20,21,22);1H. The molecule has 0 unspecified atom stereocenters. The Kier molecular flexibility index (Phi) is 9.13. The van der Waals surface area contributed by atoms with Gasteiger partial charge in [-0.3, -0.25) is 4.99 Å². The first-order valence-corrected chi connectivity index (χ1v) is 9.47. The van der Waals surface area contributed by atoms with E-state index in [0.29, 0.717) is 19.0 Å². The molecule has 6 nitrogen and oxygen atoms in total. The van der Waals surface area contributed by atoms with Gasteiger partial charge in [-0.15, -0.1) is 24.0 Å². The van der Waals surface area contributed by atoms with E-state index >= 15 is 0 Å². The number of hydrogen-bond donors (Lipinski definition) is 2. The number of hydrogen-bond acceptors (Lipinski definition) is 3. The number of aliphatic imine (C=N–C) groups is 1. The first kappa shape index (κ1) is 23.3. The Hall–Kier alpha value is -1.72. The van der Waals surface area contributed by atoms with Crippen molar-refractivity contribution >= 4 is 40.0 Å². The molecule has 9 heteroatoms. The van der Waals surface area contributed by atoms with E-state index in [1.165, 1.54) is 30.5 Å². The largest absolute Gasteiger partial charge is 0.352 e. The minimum absolute atomic E-state index is 0. The fraction of sp³-hybridized carbons (Fsp3) is 0.278. The van der Waals surface area contributed by atoms with Crippen molar-refractivity contribution in [2.24, 2.45) is 4.99 Å². The molecule has 0 aliphatic rings. The summed E-state index contributed by atoms with van der Waals surface area (Å²) in [6.45, 7) is 1.01. The van der Waals surface area contributed by atoms with E-state index in [1.807, 2.05) is 0 Å². The van der Waals surface area contributed by atoms with Gasteiger partial charge in [-0.1, -0.05) is 24.3 Å². The summed E-state index contributed by atoms with van der Waals surface area (Å²) in [4.78, 5) is 4.39. The molecule has 0 spiro atoms. The Bertz CT molecular complexity index is 854. The van der Waals surface area contributed by atoms with Gasteiger partial charge in [0.25, 0.3) is 0 Å². The van der Waals surface area contributed by atoms with Crippen LogP contribution in [0.4, 0.5) is 4.39 Å². The molecule has 2 N–H and O–H groups in total. The van der Waals surface area contributed by atoms with Crippen molar-refractivity contribution < 1.29 is 12.8 Å². The molecule has 0 aliphatic carbocycles. The third kappa shape index (κ3) is 6.74. The van der Waals surface area contributed by atoms with Crippen molar-refractivity contribution in [3.63, 3.8) is 0 Å². The van der Waals surface area contributed by atoms with Crippen LogP contribution in [0.2, 0.25) is 0 Å². The Balaban J connectivity index is 0.00000364. The van der Waals surface area contributed by atoms with Crippen molar-refractivity contribution in [3.05, 3.63) is 65.5 Å². The zero-order chi connectivity index (χ0) is 19.2. The van der Waals surface area contributed by atoms with Gasteiger partial charge in [0.15, 0.2) is 5.96 Å². The van der Waals surface area contributed by atoms with Gasteiger partial charge in [0.1, 0.15) is 5.82 Å². The lowest BCUT2D eigenvalue weighted by Crippen LogP contribution is -2.36. The molecule has 0 saturated heterocycles. The normalized spacial score (nSPS) is 11.8. The quantitative estimate of drug-likeness (QED) is 0.359. The summed E-state index contributed by atoms with van der Waals surface area (Å²) in [5.74, 6) is 0.329. The molecule has 0 aliphatic heterocycles. The molecule has 148 valence electrons. The monoisotopic (exact) mass is 506 g/mol. The van der Waals surface area contributed by atoms with E-state index in [-0.39, 0.29) is 34.7 Å². The molecule has 0 radical (unpaired) electrons. The minimum Gasteiger partial charge on any atom is -0.352 e. The Morgan fingerprint density at radius 2 is 1.41 bits per heavy atom. The molecular formula is C18H24FIN4O2S. The molecule has 27 heavy (non-hydrogen) atoms. The van der Waals surface area contributed by atoms with Gasteiger partial charge >= 0.3 is 0 Å². The molecule has 2 rings (SSSR count). The van der Waals surface area contributed by atoms with Crippen LogP contribution < -0.4 is 10.6 Å². The third-order valence-electron chi connectivity index (χ3n) is 3.76. The summed E-state index contributed by atoms with van der Waals surface area (Å²) in [5.41, 5.74) is 1.86. The van der Waals surface area contributed by atoms with E-state index in [2.05, 4.69) is 15.6 Å². The lowest BCUT2D eigenvalue weighted by atomic mass is 10.2. The van der Waals surface area contributed by atoms with Gasteiger partial charge in [0, 0.05) is 34.2 Å². The molecule has 0 heterocycles. The number of rotatable bonds is 6. The summed E-state index contributed by atoms with van der Waals surface area (Å²) in [5, 5.41) is 6.29. The van der Waals surface area contributed by atoms with E-state index in [4.69, 9.17) is 0 Å². The molecule has 0 amide bonds. The number of sulfonamides is 1. The second kappa shape index (κ2) is 10.6. The van der Waals surface area contributed by atoms with E-state index in [1.54, 1.807) is 43.4 Å². The second-order valence-corrected chi connectivity index (χ2v) is 7.99. The van der Waals surface area contributed by atoms with Gasteiger partial charge in [0.2, 0.25) is 10.0 Å². The third-order valence-corrected chi connectivity index (χ3v) is 5.59. The van der Waals surface area contributed by atoms with Crippen LogP contribution in [0.1, 0.15) is 11.1 Å². The van der Waals surface area contributed by atoms with Gasteiger partial charge in [-0.2, -0.15) is 0 Å². The molecular weight excluding hydrogens is 482 g/mol. The lowest BCUT2D eigenvalue weighted by Gasteiger charge is -2.13. The number of guanidine groups is 1. The highest BCUT2D eigenvalue weighted by molar-refractivity contribution is 14.0. The molecule has 0 atom stereocenters. The maximum atomic E-state index is 12.9. The van der Waals surface area contributed by atoms with Crippen LogP contribution in [0, 0.1) is 5.82 Å². The highest BCUT2D eigenvalue weighted by Crippen LogP contribution is 2.13. The Morgan fingerprint density at radius 3 is 1.81 bits per heavy atom. The summed E-state index contributed by atoms with van der Waals surface area (Å²) in [6, 6.07) is 12.9. The molecule has 0 aromatic heterocycles. The maximum Gasteiger partial charge on any atom is 0.242 e. The van der Waals surface area contributed by atoms with Crippen LogP contribution in [0.25, 0.3) is 0 Å². The zero-order valence-electron chi connectivity index (χ0n) is 15.4. The summed E-state index contributed by atoms with van der Waals surface area (Å²) < 4.78 is 38.2. The first-order chi connectivity index (χ1) is 12.3. The van der Waals surface area contributed by atoms with Gasteiger partial charge in [-0.05, 0) is 35.4 Å². The average Bonchev–Trinajstić information content (AvgIpc) is 2.63. The molecule has 0 fully saturated rings. The predicted octanol–water partition coefficient (Wildman–Crippen LogP) is 2.56. The van der Waals surface area contributed by atoms with Gasteiger partial charge in [-0.25, -0.2) is 17.1 Å². The maximum absolute atomic E-state index is 12.9. The second-order valence-electron chi connectivity index (χ2n) is 5.84. The van der Waals surface area contributed by atoms with E-state index < -0.39 is 10.0 Å². The summed E-state index contributed by atoms with van der Waals surface area (Å²) in [6.07, 6.45) is 0. The number of halogens is 2. The van der Waals surface area contributed by atoms with Crippen molar-refractivity contribution in [1.29, 1.82) is 0 Å². The molecule has 0 bridgehead atoms. The van der Waals surface area contributed by atoms with Crippen molar-refractivity contribution in [1.82, 2.24) is 14.9 Å². The highest BCUT2D eigenvalue weighted by atomic mass is 127. The summed E-state index contributed by atoms with van der Waals surface area (Å²) >= 11 is 0. The Morgan fingerprint density at radius 1 is 0.963 bits per heavy atom. The molecule has 0 saturated carbocycles. The van der Waals surface area contributed by atoms with Gasteiger partial charge in [0.05, 0.1) is 4.90 Å². The molecule has 2 aromatic rings. The van der Waals surface area contributed by atoms with Crippen LogP contribution in [-0.2, 0) is 23.1 Å². The number of nitrogens with one attached hydrogen (secondary N) is 2. The van der Waals surface area contributed by atoms with Gasteiger partial charge < -0.3 is 10.6 Å². The van der Waals surface area contributed by atoms with E-state index in [0.717, 1.165) is 11.1 Å². The first-order valence-electron chi connectivity index (χ1n) is 8.03. The van der Waals surface area contributed by atoms with E-state index in [9.17, 15) is 12.8 Å². The van der Waals surface area contributed by atoms with Crippen molar-refractivity contribution in [2.75, 3.05) is 21.1 Å². The van der Waals surface area contributed by atoms with Crippen molar-refractivity contribution in [3.8, 4) is 0 Å². The van der Waals surface area contributed by atoms with Crippen LogP contribution in [0.5, 0.6) is 0 Å². The van der Waals surface area contributed by atoms with Crippen LogP contribution in [0.15, 0.2) is 58.4 Å². The SMILES string of the molecule is CN=C(NCc1ccc(F)cc1)NCc1ccc(S(=O)(=O)N(C)C)cc1.I. The minimum atomic E-state index is -3.42. The zero-order valence-corrected chi connectivity index (χ0v) is 18.6. The van der Waals surface area contributed by atoms with Crippen molar-refractivity contribution in [2.45, 2.75) is 18.0 Å². The topological polar surface area (TPSA) is 73.8 Å². The smallest absolute Gasteiger partial charge is 0.242 e. The van der Waals surface area contributed by atoms with Crippen LogP contribution in [-0.4, -0.2) is 39.8 Å². The van der Waals surface area contributed by atoms with Crippen LogP contribution >= 0.6 is 24.0 Å². The fourth-order valence-corrected chi connectivity index (χ4v) is 3.09. The fourth-order valence-electron chi connectivity index (χ4n) is 2.18. The molecule has 2 aromatic carbocycles. The summed E-state index contributed by atoms with van der Waals surface area (Å²) in [7, 11) is 1.24. The lowest BCUT2D eigenvalue weighted by molar-refractivity contribution is 0.520. The number of benzene rings is 2. The highest BCUT2D eigenvalue weighted by Gasteiger charge is 2.16. The predicted molar refractivity (Wildman–Crippen MR) is 116 cm³/mol. The Labute approximate surface area is 177 Å².